The Labute approximate surface area is 144 Å². The van der Waals surface area contributed by atoms with E-state index in [1.165, 1.54) is 25.8 Å². The van der Waals surface area contributed by atoms with E-state index in [4.69, 9.17) is 0 Å². The Bertz CT molecular complexity index is 739. The van der Waals surface area contributed by atoms with Crippen molar-refractivity contribution < 1.29 is 0 Å². The molecule has 1 heterocycles. The van der Waals surface area contributed by atoms with Gasteiger partial charge in [-0.1, -0.05) is 30.3 Å². The summed E-state index contributed by atoms with van der Waals surface area (Å²) in [6.07, 6.45) is 2.20. The Morgan fingerprint density at radius 1 is 1.05 bits per heavy atom. The summed E-state index contributed by atoms with van der Waals surface area (Å²) in [5.41, 5.74) is 5.63. The van der Waals surface area contributed by atoms with Crippen molar-refractivity contribution >= 4 is 28.6 Å². The number of nitrogens with one attached hydrogen (secondary N) is 2. The molecule has 0 fully saturated rings. The SMILES string of the molecule is Ic1ccc2c(c1)C(NC1=NCCN1)c1ccccc1CC2. The molecule has 4 heteroatoms. The highest BCUT2D eigenvalue weighted by Crippen LogP contribution is 2.33. The fourth-order valence-corrected chi connectivity index (χ4v) is 3.84. The molecule has 1 atom stereocenters. The van der Waals surface area contributed by atoms with Gasteiger partial charge >= 0.3 is 0 Å². The monoisotopic (exact) mass is 403 g/mol. The normalized spacial score (nSPS) is 19.5. The molecule has 1 aliphatic heterocycles. The predicted molar refractivity (Wildman–Crippen MR) is 98.3 cm³/mol. The zero-order valence-corrected chi connectivity index (χ0v) is 14.4. The average molecular weight is 403 g/mol. The second-order valence-corrected chi connectivity index (χ2v) is 7.02. The first-order valence-electron chi connectivity index (χ1n) is 7.72. The van der Waals surface area contributed by atoms with Gasteiger partial charge in [-0.25, -0.2) is 0 Å². The van der Waals surface area contributed by atoms with Crippen molar-refractivity contribution in [3.8, 4) is 0 Å². The van der Waals surface area contributed by atoms with Crippen LogP contribution in [-0.4, -0.2) is 19.0 Å². The number of aliphatic imine (C=N–C) groups is 1. The van der Waals surface area contributed by atoms with E-state index in [0.29, 0.717) is 0 Å². The minimum Gasteiger partial charge on any atom is -0.355 e. The number of rotatable bonds is 1. The first kappa shape index (κ1) is 14.1. The molecule has 0 bridgehead atoms. The molecule has 0 saturated heterocycles. The molecule has 0 spiro atoms. The lowest BCUT2D eigenvalue weighted by molar-refractivity contribution is 0.739. The minimum atomic E-state index is 0.174. The lowest BCUT2D eigenvalue weighted by atomic mass is 9.95. The van der Waals surface area contributed by atoms with Gasteiger partial charge in [0.05, 0.1) is 12.6 Å². The summed E-state index contributed by atoms with van der Waals surface area (Å²) in [5, 5.41) is 6.97. The van der Waals surface area contributed by atoms with Crippen LogP contribution in [0.4, 0.5) is 0 Å². The summed E-state index contributed by atoms with van der Waals surface area (Å²) in [5.74, 6) is 0.923. The van der Waals surface area contributed by atoms with Crippen molar-refractivity contribution in [2.24, 2.45) is 4.99 Å². The lowest BCUT2D eigenvalue weighted by Gasteiger charge is -2.23. The van der Waals surface area contributed by atoms with E-state index in [9.17, 15) is 0 Å². The Balaban J connectivity index is 1.83. The largest absolute Gasteiger partial charge is 0.355 e. The van der Waals surface area contributed by atoms with Gasteiger partial charge in [-0.2, -0.15) is 0 Å². The fraction of sp³-hybridized carbons (Fsp3) is 0.278. The molecule has 0 radical (unpaired) electrons. The quantitative estimate of drug-likeness (QED) is 0.719. The molecule has 2 aliphatic rings. The van der Waals surface area contributed by atoms with Crippen molar-refractivity contribution in [3.63, 3.8) is 0 Å². The van der Waals surface area contributed by atoms with Gasteiger partial charge in [-0.05, 0) is 69.8 Å². The number of fused-ring (bicyclic) bond motifs is 2. The summed E-state index contributed by atoms with van der Waals surface area (Å²) in [6.45, 7) is 1.78. The van der Waals surface area contributed by atoms with Gasteiger partial charge in [0, 0.05) is 10.1 Å². The third-order valence-corrected chi connectivity index (χ3v) is 5.07. The minimum absolute atomic E-state index is 0.174. The molecule has 3 nitrogen and oxygen atoms in total. The van der Waals surface area contributed by atoms with E-state index in [2.05, 4.69) is 80.7 Å². The van der Waals surface area contributed by atoms with Crippen molar-refractivity contribution in [3.05, 3.63) is 68.3 Å². The van der Waals surface area contributed by atoms with Crippen LogP contribution in [0.25, 0.3) is 0 Å². The maximum absolute atomic E-state index is 4.52. The molecule has 2 aromatic rings. The standard InChI is InChI=1S/C18H18IN3/c19-14-8-7-13-6-5-12-3-1-2-4-15(12)17(16(13)11-14)22-18-20-9-10-21-18/h1-4,7-8,11,17H,5-6,9-10H2,(H2,20,21,22). The van der Waals surface area contributed by atoms with E-state index >= 15 is 0 Å². The Kier molecular flexibility index (Phi) is 3.78. The van der Waals surface area contributed by atoms with Crippen LogP contribution in [0.3, 0.4) is 0 Å². The summed E-state index contributed by atoms with van der Waals surface area (Å²) >= 11 is 2.40. The molecule has 4 rings (SSSR count). The first-order chi connectivity index (χ1) is 10.8. The van der Waals surface area contributed by atoms with Crippen molar-refractivity contribution in [2.45, 2.75) is 18.9 Å². The smallest absolute Gasteiger partial charge is 0.192 e. The highest BCUT2D eigenvalue weighted by atomic mass is 127. The number of aryl methyl sites for hydroxylation is 2. The highest BCUT2D eigenvalue weighted by Gasteiger charge is 2.25. The summed E-state index contributed by atoms with van der Waals surface area (Å²) in [6, 6.07) is 15.7. The van der Waals surface area contributed by atoms with Crippen LogP contribution in [0, 0.1) is 3.57 Å². The molecule has 2 aromatic carbocycles. The Morgan fingerprint density at radius 2 is 1.86 bits per heavy atom. The van der Waals surface area contributed by atoms with E-state index in [1.807, 2.05) is 0 Å². The topological polar surface area (TPSA) is 36.4 Å². The van der Waals surface area contributed by atoms with Crippen LogP contribution in [0.15, 0.2) is 47.5 Å². The molecule has 1 unspecified atom stereocenters. The van der Waals surface area contributed by atoms with Gasteiger partial charge < -0.3 is 10.6 Å². The zero-order chi connectivity index (χ0) is 14.9. The molecule has 22 heavy (non-hydrogen) atoms. The second-order valence-electron chi connectivity index (χ2n) is 5.78. The van der Waals surface area contributed by atoms with Gasteiger partial charge in [-0.3, -0.25) is 4.99 Å². The average Bonchev–Trinajstić information content (AvgIpc) is 3.00. The maximum atomic E-state index is 4.52. The number of hydrogen-bond donors (Lipinski definition) is 2. The molecule has 0 aromatic heterocycles. The Morgan fingerprint density at radius 3 is 2.68 bits per heavy atom. The van der Waals surface area contributed by atoms with Crippen molar-refractivity contribution in [2.75, 3.05) is 13.1 Å². The van der Waals surface area contributed by atoms with E-state index in [0.717, 1.165) is 31.9 Å². The number of nitrogens with zero attached hydrogens (tertiary/aromatic N) is 1. The third kappa shape index (κ3) is 2.60. The third-order valence-electron chi connectivity index (χ3n) is 4.40. The molecular weight excluding hydrogens is 385 g/mol. The van der Waals surface area contributed by atoms with Gasteiger partial charge in [0.2, 0.25) is 0 Å². The fourth-order valence-electron chi connectivity index (χ4n) is 3.33. The summed E-state index contributed by atoms with van der Waals surface area (Å²) in [4.78, 5) is 4.52. The maximum Gasteiger partial charge on any atom is 0.192 e. The lowest BCUT2D eigenvalue weighted by Crippen LogP contribution is -2.37. The van der Waals surface area contributed by atoms with Gasteiger partial charge in [0.25, 0.3) is 0 Å². The molecule has 2 N–H and O–H groups in total. The molecule has 0 saturated carbocycles. The van der Waals surface area contributed by atoms with Crippen LogP contribution in [-0.2, 0) is 12.8 Å². The second kappa shape index (κ2) is 5.91. The molecule has 0 amide bonds. The van der Waals surface area contributed by atoms with Gasteiger partial charge in [0.15, 0.2) is 5.96 Å². The van der Waals surface area contributed by atoms with Gasteiger partial charge in [0.1, 0.15) is 0 Å². The number of halogens is 1. The van der Waals surface area contributed by atoms with Gasteiger partial charge in [-0.15, -0.1) is 0 Å². The first-order valence-corrected chi connectivity index (χ1v) is 8.80. The predicted octanol–water partition coefficient (Wildman–Crippen LogP) is 3.03. The van der Waals surface area contributed by atoms with E-state index < -0.39 is 0 Å². The van der Waals surface area contributed by atoms with E-state index in [-0.39, 0.29) is 6.04 Å². The van der Waals surface area contributed by atoms with Crippen LogP contribution in [0.5, 0.6) is 0 Å². The van der Waals surface area contributed by atoms with Crippen molar-refractivity contribution in [1.82, 2.24) is 10.6 Å². The van der Waals surface area contributed by atoms with Crippen LogP contribution >= 0.6 is 22.6 Å². The number of hydrogen-bond acceptors (Lipinski definition) is 3. The number of benzene rings is 2. The van der Waals surface area contributed by atoms with Crippen molar-refractivity contribution in [1.29, 1.82) is 0 Å². The van der Waals surface area contributed by atoms with E-state index in [1.54, 1.807) is 0 Å². The van der Waals surface area contributed by atoms with Crippen LogP contribution in [0.2, 0.25) is 0 Å². The molecule has 1 aliphatic carbocycles. The molecule has 112 valence electrons. The molecular formula is C18H18IN3. The summed E-state index contributed by atoms with van der Waals surface area (Å²) < 4.78 is 1.28. The highest BCUT2D eigenvalue weighted by molar-refractivity contribution is 14.1. The summed E-state index contributed by atoms with van der Waals surface area (Å²) in [7, 11) is 0. The Hall–Kier alpha value is -1.56. The number of guanidine groups is 1. The van der Waals surface area contributed by atoms with Crippen LogP contribution in [0.1, 0.15) is 28.3 Å². The van der Waals surface area contributed by atoms with Crippen LogP contribution < -0.4 is 10.6 Å². The zero-order valence-electron chi connectivity index (χ0n) is 12.3.